The molecule has 0 amide bonds. The quantitative estimate of drug-likeness (QED) is 0.689. The summed E-state index contributed by atoms with van der Waals surface area (Å²) in [5.41, 5.74) is 7.85. The standard InChI is InChI=1S/C19H22N4/c1-4-6-7-15-8-19(16-12-22-23-13(16)3)21-11-18(15)17-10-20-9-14(17)5-2/h5,8-12,20H,2,4,6-7H2,1,3H3,(H,22,23). The van der Waals surface area contributed by atoms with E-state index in [2.05, 4.69) is 39.7 Å². The van der Waals surface area contributed by atoms with Gasteiger partial charge in [-0.1, -0.05) is 26.0 Å². The van der Waals surface area contributed by atoms with Crippen molar-refractivity contribution in [3.8, 4) is 22.4 Å². The average molecular weight is 306 g/mol. The van der Waals surface area contributed by atoms with E-state index >= 15 is 0 Å². The van der Waals surface area contributed by atoms with Gasteiger partial charge in [0.15, 0.2) is 0 Å². The van der Waals surface area contributed by atoms with E-state index in [9.17, 15) is 0 Å². The van der Waals surface area contributed by atoms with Crippen LogP contribution in [-0.2, 0) is 6.42 Å². The molecule has 4 heteroatoms. The molecule has 0 unspecified atom stereocenters. The Morgan fingerprint density at radius 3 is 2.74 bits per heavy atom. The fourth-order valence-corrected chi connectivity index (χ4v) is 2.85. The maximum Gasteiger partial charge on any atom is 0.0739 e. The van der Waals surface area contributed by atoms with Crippen LogP contribution in [0.4, 0.5) is 0 Å². The molecular weight excluding hydrogens is 284 g/mol. The van der Waals surface area contributed by atoms with Gasteiger partial charge in [0, 0.05) is 41.0 Å². The van der Waals surface area contributed by atoms with E-state index in [1.807, 2.05) is 37.8 Å². The molecule has 0 spiro atoms. The summed E-state index contributed by atoms with van der Waals surface area (Å²) in [6.45, 7) is 8.13. The zero-order valence-electron chi connectivity index (χ0n) is 13.7. The van der Waals surface area contributed by atoms with Crippen molar-refractivity contribution >= 4 is 6.08 Å². The molecule has 23 heavy (non-hydrogen) atoms. The van der Waals surface area contributed by atoms with Gasteiger partial charge in [-0.05, 0) is 37.0 Å². The lowest BCUT2D eigenvalue weighted by Crippen LogP contribution is -1.95. The average Bonchev–Trinajstić information content (AvgIpc) is 3.21. The summed E-state index contributed by atoms with van der Waals surface area (Å²) in [6.07, 6.45) is 13.1. The van der Waals surface area contributed by atoms with Crippen LogP contribution in [-0.4, -0.2) is 20.2 Å². The van der Waals surface area contributed by atoms with Crippen LogP contribution in [0, 0.1) is 6.92 Å². The third-order valence-corrected chi connectivity index (χ3v) is 4.18. The van der Waals surface area contributed by atoms with Crippen LogP contribution in [0.2, 0.25) is 0 Å². The second-order valence-electron chi connectivity index (χ2n) is 5.77. The highest BCUT2D eigenvalue weighted by Crippen LogP contribution is 2.31. The molecule has 4 nitrogen and oxygen atoms in total. The van der Waals surface area contributed by atoms with Crippen molar-refractivity contribution in [2.24, 2.45) is 0 Å². The lowest BCUT2D eigenvalue weighted by Gasteiger charge is -2.11. The van der Waals surface area contributed by atoms with Gasteiger partial charge in [-0.25, -0.2) is 0 Å². The number of nitrogens with one attached hydrogen (secondary N) is 2. The Bertz CT molecular complexity index is 810. The zero-order chi connectivity index (χ0) is 16.2. The minimum Gasteiger partial charge on any atom is -0.366 e. The molecule has 0 saturated heterocycles. The topological polar surface area (TPSA) is 57.4 Å². The first kappa shape index (κ1) is 15.3. The summed E-state index contributed by atoms with van der Waals surface area (Å²) in [6, 6.07) is 2.20. The fraction of sp³-hybridized carbons (Fsp3) is 0.263. The summed E-state index contributed by atoms with van der Waals surface area (Å²) in [5.74, 6) is 0. The van der Waals surface area contributed by atoms with Crippen molar-refractivity contribution in [3.63, 3.8) is 0 Å². The lowest BCUT2D eigenvalue weighted by atomic mass is 9.96. The van der Waals surface area contributed by atoms with E-state index < -0.39 is 0 Å². The molecule has 0 atom stereocenters. The normalized spacial score (nSPS) is 10.9. The van der Waals surface area contributed by atoms with Gasteiger partial charge in [0.2, 0.25) is 0 Å². The number of aromatic amines is 2. The Labute approximate surface area is 136 Å². The molecule has 118 valence electrons. The molecular formula is C19H22N4. The predicted octanol–water partition coefficient (Wildman–Crippen LogP) is 4.76. The second-order valence-corrected chi connectivity index (χ2v) is 5.77. The van der Waals surface area contributed by atoms with Crippen LogP contribution in [0.1, 0.15) is 36.6 Å². The Morgan fingerprint density at radius 2 is 2.04 bits per heavy atom. The Morgan fingerprint density at radius 1 is 1.17 bits per heavy atom. The van der Waals surface area contributed by atoms with Crippen molar-refractivity contribution < 1.29 is 0 Å². The Balaban J connectivity index is 2.09. The number of hydrogen-bond donors (Lipinski definition) is 2. The van der Waals surface area contributed by atoms with E-state index in [0.717, 1.165) is 40.9 Å². The molecule has 3 aromatic rings. The molecule has 3 rings (SSSR count). The summed E-state index contributed by atoms with van der Waals surface area (Å²) in [7, 11) is 0. The number of H-pyrrole nitrogens is 2. The SMILES string of the molecule is C=Cc1c[nH]cc1-c1cnc(-c2cn[nH]c2C)cc1CCCC. The lowest BCUT2D eigenvalue weighted by molar-refractivity contribution is 0.795. The van der Waals surface area contributed by atoms with E-state index in [4.69, 9.17) is 0 Å². The molecule has 0 fully saturated rings. The minimum atomic E-state index is 0.974. The molecule has 0 bridgehead atoms. The monoisotopic (exact) mass is 306 g/mol. The molecule has 0 aliphatic rings. The van der Waals surface area contributed by atoms with Crippen molar-refractivity contribution in [2.75, 3.05) is 0 Å². The van der Waals surface area contributed by atoms with Gasteiger partial charge < -0.3 is 4.98 Å². The maximum atomic E-state index is 4.67. The number of rotatable bonds is 6. The molecule has 2 N–H and O–H groups in total. The highest BCUT2D eigenvalue weighted by atomic mass is 15.1. The van der Waals surface area contributed by atoms with Crippen molar-refractivity contribution in [1.29, 1.82) is 0 Å². The predicted molar refractivity (Wildman–Crippen MR) is 95.0 cm³/mol. The first-order valence-electron chi connectivity index (χ1n) is 8.03. The van der Waals surface area contributed by atoms with E-state index in [0.29, 0.717) is 0 Å². The van der Waals surface area contributed by atoms with E-state index in [-0.39, 0.29) is 0 Å². The van der Waals surface area contributed by atoms with Gasteiger partial charge in [-0.3, -0.25) is 10.1 Å². The molecule has 3 aromatic heterocycles. The van der Waals surface area contributed by atoms with Gasteiger partial charge in [-0.15, -0.1) is 0 Å². The largest absolute Gasteiger partial charge is 0.366 e. The number of hydrogen-bond acceptors (Lipinski definition) is 2. The number of pyridine rings is 1. The first-order valence-corrected chi connectivity index (χ1v) is 8.03. The van der Waals surface area contributed by atoms with Crippen molar-refractivity contribution in [2.45, 2.75) is 33.1 Å². The third-order valence-electron chi connectivity index (χ3n) is 4.18. The molecule has 0 aromatic carbocycles. The molecule has 0 aliphatic carbocycles. The van der Waals surface area contributed by atoms with Gasteiger partial charge >= 0.3 is 0 Å². The van der Waals surface area contributed by atoms with Gasteiger partial charge in [0.05, 0.1) is 11.9 Å². The summed E-state index contributed by atoms with van der Waals surface area (Å²) in [5, 5.41) is 7.09. The number of unbranched alkanes of at least 4 members (excludes halogenated alkanes) is 1. The molecule has 3 heterocycles. The zero-order valence-corrected chi connectivity index (χ0v) is 13.7. The van der Waals surface area contributed by atoms with Crippen LogP contribution < -0.4 is 0 Å². The van der Waals surface area contributed by atoms with E-state index in [1.54, 1.807) is 0 Å². The highest BCUT2D eigenvalue weighted by Gasteiger charge is 2.13. The number of aryl methyl sites for hydroxylation is 2. The smallest absolute Gasteiger partial charge is 0.0739 e. The number of nitrogens with zero attached hydrogens (tertiary/aromatic N) is 2. The van der Waals surface area contributed by atoms with Crippen molar-refractivity contribution in [1.82, 2.24) is 20.2 Å². The van der Waals surface area contributed by atoms with Gasteiger partial charge in [-0.2, -0.15) is 5.10 Å². The molecule has 0 aliphatic heterocycles. The summed E-state index contributed by atoms with van der Waals surface area (Å²) >= 11 is 0. The second kappa shape index (κ2) is 6.65. The Kier molecular flexibility index (Phi) is 4.42. The molecule has 0 radical (unpaired) electrons. The van der Waals surface area contributed by atoms with Crippen LogP contribution in [0.15, 0.2) is 37.4 Å². The summed E-state index contributed by atoms with van der Waals surface area (Å²) < 4.78 is 0. The van der Waals surface area contributed by atoms with Gasteiger partial charge in [0.1, 0.15) is 0 Å². The van der Waals surface area contributed by atoms with Crippen LogP contribution >= 0.6 is 0 Å². The van der Waals surface area contributed by atoms with Crippen LogP contribution in [0.3, 0.4) is 0 Å². The van der Waals surface area contributed by atoms with Gasteiger partial charge in [0.25, 0.3) is 0 Å². The maximum absolute atomic E-state index is 4.67. The Hall–Kier alpha value is -2.62. The minimum absolute atomic E-state index is 0.974. The summed E-state index contributed by atoms with van der Waals surface area (Å²) in [4.78, 5) is 7.84. The van der Waals surface area contributed by atoms with Crippen molar-refractivity contribution in [3.05, 3.63) is 54.3 Å². The van der Waals surface area contributed by atoms with Crippen LogP contribution in [0.25, 0.3) is 28.5 Å². The first-order chi connectivity index (χ1) is 11.2. The van der Waals surface area contributed by atoms with Crippen LogP contribution in [0.5, 0.6) is 0 Å². The highest BCUT2D eigenvalue weighted by molar-refractivity contribution is 5.77. The number of aromatic nitrogens is 4. The fourth-order valence-electron chi connectivity index (χ4n) is 2.85. The van der Waals surface area contributed by atoms with E-state index in [1.165, 1.54) is 17.5 Å². The third kappa shape index (κ3) is 2.97. The molecule has 0 saturated carbocycles.